The molecule has 0 saturated heterocycles. The lowest BCUT2D eigenvalue weighted by Crippen LogP contribution is -2.28. The van der Waals surface area contributed by atoms with Gasteiger partial charge in [0.05, 0.1) is 26.3 Å². The van der Waals surface area contributed by atoms with E-state index in [0.29, 0.717) is 28.5 Å². The first-order valence-corrected chi connectivity index (χ1v) is 8.06. The van der Waals surface area contributed by atoms with E-state index >= 15 is 0 Å². The molecule has 10 heteroatoms. The Kier molecular flexibility index (Phi) is 6.22. The summed E-state index contributed by atoms with van der Waals surface area (Å²) in [6, 6.07) is 3.39. The maximum Gasteiger partial charge on any atom is 0.312 e. The molecule has 1 aromatic heterocycles. The summed E-state index contributed by atoms with van der Waals surface area (Å²) >= 11 is 0. The van der Waals surface area contributed by atoms with E-state index in [1.165, 1.54) is 32.9 Å². The number of rotatable bonds is 8. The minimum absolute atomic E-state index is 0.0793. The molecule has 146 valence electrons. The molecule has 0 radical (unpaired) electrons. The van der Waals surface area contributed by atoms with E-state index in [0.717, 1.165) is 0 Å². The number of hydrogen-bond acceptors (Lipinski definition) is 7. The molecule has 0 atom stereocenters. The van der Waals surface area contributed by atoms with Crippen LogP contribution in [0, 0.1) is 24.0 Å². The molecule has 1 N–H and O–H groups in total. The number of nitrogens with zero attached hydrogens (tertiary/aromatic N) is 3. The first kappa shape index (κ1) is 20.0. The van der Waals surface area contributed by atoms with E-state index < -0.39 is 4.92 Å². The number of nitrogens with one attached hydrogen (secondary N) is 1. The Hall–Kier alpha value is -3.30. The van der Waals surface area contributed by atoms with Crippen LogP contribution >= 0.6 is 0 Å². The number of methoxy groups -OCH3 is 3. The lowest BCUT2D eigenvalue weighted by Gasteiger charge is -2.14. The van der Waals surface area contributed by atoms with Crippen molar-refractivity contribution in [2.45, 2.75) is 26.9 Å². The van der Waals surface area contributed by atoms with Crippen molar-refractivity contribution in [2.75, 3.05) is 21.3 Å². The predicted octanol–water partition coefficient (Wildman–Crippen LogP) is 1.75. The van der Waals surface area contributed by atoms with Crippen LogP contribution in [0.15, 0.2) is 12.1 Å². The quantitative estimate of drug-likeness (QED) is 0.549. The normalized spacial score (nSPS) is 10.4. The summed E-state index contributed by atoms with van der Waals surface area (Å²) in [5, 5.41) is 17.9. The summed E-state index contributed by atoms with van der Waals surface area (Å²) in [6.45, 7) is 3.15. The van der Waals surface area contributed by atoms with Crippen LogP contribution in [0.25, 0.3) is 0 Å². The molecule has 0 bridgehead atoms. The minimum Gasteiger partial charge on any atom is -0.496 e. The van der Waals surface area contributed by atoms with Gasteiger partial charge in [0.2, 0.25) is 5.91 Å². The largest absolute Gasteiger partial charge is 0.496 e. The number of carbonyl (C=O) groups is 1. The van der Waals surface area contributed by atoms with Crippen molar-refractivity contribution in [2.24, 2.45) is 0 Å². The third kappa shape index (κ3) is 4.27. The van der Waals surface area contributed by atoms with Crippen molar-refractivity contribution in [3.63, 3.8) is 0 Å². The van der Waals surface area contributed by atoms with Crippen molar-refractivity contribution in [3.05, 3.63) is 39.2 Å². The molecule has 0 unspecified atom stereocenters. The Morgan fingerprint density at radius 2 is 1.74 bits per heavy atom. The number of benzene rings is 1. The summed E-state index contributed by atoms with van der Waals surface area (Å²) < 4.78 is 17.1. The van der Waals surface area contributed by atoms with Gasteiger partial charge in [0.25, 0.3) is 0 Å². The topological polar surface area (TPSA) is 118 Å². The molecule has 1 aromatic carbocycles. The zero-order valence-corrected chi connectivity index (χ0v) is 15.9. The molecule has 2 aromatic rings. The van der Waals surface area contributed by atoms with Gasteiger partial charge in [-0.15, -0.1) is 0 Å². The van der Waals surface area contributed by atoms with Gasteiger partial charge in [0.15, 0.2) is 11.5 Å². The standard InChI is InChI=1S/C17H22N4O6/c1-10-17(21(23)24)11(2)20(19-10)9-16(22)18-8-12-6-14(26-4)15(27-5)7-13(12)25-3/h6-7H,8-9H2,1-5H3,(H,18,22). The van der Waals surface area contributed by atoms with Crippen molar-refractivity contribution in [1.82, 2.24) is 15.1 Å². The summed E-state index contributed by atoms with van der Waals surface area (Å²) in [7, 11) is 4.55. The van der Waals surface area contributed by atoms with Crippen LogP contribution in [0.5, 0.6) is 17.2 Å². The van der Waals surface area contributed by atoms with Crippen LogP contribution in [0.3, 0.4) is 0 Å². The number of nitro groups is 1. The van der Waals surface area contributed by atoms with E-state index in [1.807, 2.05) is 0 Å². The second-order valence-corrected chi connectivity index (χ2v) is 5.73. The highest BCUT2D eigenvalue weighted by Crippen LogP contribution is 2.34. The van der Waals surface area contributed by atoms with E-state index in [4.69, 9.17) is 14.2 Å². The molecule has 27 heavy (non-hydrogen) atoms. The molecule has 10 nitrogen and oxygen atoms in total. The monoisotopic (exact) mass is 378 g/mol. The molecular formula is C17H22N4O6. The van der Waals surface area contributed by atoms with E-state index in [1.54, 1.807) is 19.1 Å². The zero-order valence-electron chi connectivity index (χ0n) is 15.9. The predicted molar refractivity (Wildman–Crippen MR) is 96.3 cm³/mol. The maximum atomic E-state index is 12.3. The fourth-order valence-electron chi connectivity index (χ4n) is 2.72. The van der Waals surface area contributed by atoms with Crippen molar-refractivity contribution in [3.8, 4) is 17.2 Å². The second kappa shape index (κ2) is 8.39. The second-order valence-electron chi connectivity index (χ2n) is 5.73. The van der Waals surface area contributed by atoms with Gasteiger partial charge < -0.3 is 19.5 Å². The Morgan fingerprint density at radius 3 is 2.26 bits per heavy atom. The Bertz CT molecular complexity index is 862. The van der Waals surface area contributed by atoms with Crippen LogP contribution in [0.4, 0.5) is 5.69 Å². The number of carbonyl (C=O) groups excluding carboxylic acids is 1. The van der Waals surface area contributed by atoms with Gasteiger partial charge in [0, 0.05) is 18.2 Å². The summed E-state index contributed by atoms with van der Waals surface area (Å²) in [5.41, 5.74) is 1.22. The van der Waals surface area contributed by atoms with Gasteiger partial charge >= 0.3 is 5.69 Å². The average molecular weight is 378 g/mol. The molecule has 1 heterocycles. The van der Waals surface area contributed by atoms with Gasteiger partial charge in [-0.05, 0) is 19.9 Å². The van der Waals surface area contributed by atoms with E-state index in [9.17, 15) is 14.9 Å². The molecule has 1 amide bonds. The summed E-state index contributed by atoms with van der Waals surface area (Å²) in [4.78, 5) is 22.8. The lowest BCUT2D eigenvalue weighted by atomic mass is 10.1. The Morgan fingerprint density at radius 1 is 1.15 bits per heavy atom. The van der Waals surface area contributed by atoms with Crippen LogP contribution in [-0.2, 0) is 17.9 Å². The van der Waals surface area contributed by atoms with Crippen LogP contribution < -0.4 is 19.5 Å². The molecule has 0 saturated carbocycles. The Labute approximate surface area is 156 Å². The molecular weight excluding hydrogens is 356 g/mol. The fraction of sp³-hybridized carbons (Fsp3) is 0.412. The molecule has 0 spiro atoms. The highest BCUT2D eigenvalue weighted by Gasteiger charge is 2.22. The van der Waals surface area contributed by atoms with Gasteiger partial charge in [-0.1, -0.05) is 0 Å². The van der Waals surface area contributed by atoms with Gasteiger partial charge in [-0.25, -0.2) is 0 Å². The van der Waals surface area contributed by atoms with Crippen molar-refractivity contribution < 1.29 is 23.9 Å². The summed E-state index contributed by atoms with van der Waals surface area (Å²) in [6.07, 6.45) is 0. The number of hydrogen-bond donors (Lipinski definition) is 1. The Balaban J connectivity index is 2.12. The van der Waals surface area contributed by atoms with Gasteiger partial charge in [-0.3, -0.25) is 19.6 Å². The van der Waals surface area contributed by atoms with Crippen LogP contribution in [0.1, 0.15) is 17.0 Å². The minimum atomic E-state index is -0.499. The number of aromatic nitrogens is 2. The lowest BCUT2D eigenvalue weighted by molar-refractivity contribution is -0.386. The SMILES string of the molecule is COc1cc(OC)c(OC)cc1CNC(=O)Cn1nc(C)c([N+](=O)[O-])c1C. The third-order valence-electron chi connectivity index (χ3n) is 4.08. The number of amides is 1. The highest BCUT2D eigenvalue weighted by atomic mass is 16.6. The number of aryl methyl sites for hydroxylation is 1. The summed E-state index contributed by atoms with van der Waals surface area (Å²) in [5.74, 6) is 1.22. The van der Waals surface area contributed by atoms with E-state index in [-0.39, 0.29) is 30.4 Å². The fourth-order valence-corrected chi connectivity index (χ4v) is 2.72. The smallest absolute Gasteiger partial charge is 0.312 e. The molecule has 0 aliphatic carbocycles. The molecule has 0 aliphatic rings. The third-order valence-corrected chi connectivity index (χ3v) is 4.08. The molecule has 0 fully saturated rings. The highest BCUT2D eigenvalue weighted by molar-refractivity contribution is 5.76. The first-order chi connectivity index (χ1) is 12.8. The van der Waals surface area contributed by atoms with E-state index in [2.05, 4.69) is 10.4 Å². The van der Waals surface area contributed by atoms with Crippen molar-refractivity contribution in [1.29, 1.82) is 0 Å². The molecule has 2 rings (SSSR count). The van der Waals surface area contributed by atoms with Crippen LogP contribution in [0.2, 0.25) is 0 Å². The van der Waals surface area contributed by atoms with Gasteiger partial charge in [-0.2, -0.15) is 5.10 Å². The number of ether oxygens (including phenoxy) is 3. The van der Waals surface area contributed by atoms with Gasteiger partial charge in [0.1, 0.15) is 23.7 Å². The average Bonchev–Trinajstić information content (AvgIpc) is 2.92. The maximum absolute atomic E-state index is 12.3. The zero-order chi connectivity index (χ0) is 20.1. The molecule has 0 aliphatic heterocycles. The van der Waals surface area contributed by atoms with Crippen LogP contribution in [-0.4, -0.2) is 41.9 Å². The first-order valence-electron chi connectivity index (χ1n) is 8.06. The van der Waals surface area contributed by atoms with Crippen molar-refractivity contribution >= 4 is 11.6 Å².